The summed E-state index contributed by atoms with van der Waals surface area (Å²) in [5.74, 6) is 1.40. The Morgan fingerprint density at radius 1 is 0.541 bits per heavy atom. The van der Waals surface area contributed by atoms with Gasteiger partial charge in [-0.15, -0.1) is 0 Å². The Kier molecular flexibility index (Phi) is 23.7. The molecule has 0 aliphatic rings. The smallest absolute Gasteiger partial charge is 0.369 e. The zero-order valence-corrected chi connectivity index (χ0v) is 28.1. The maximum atomic E-state index is 5.94. The highest BCUT2D eigenvalue weighted by Crippen LogP contribution is 2.33. The molecule has 0 bridgehead atoms. The molecule has 0 radical (unpaired) electrons. The highest BCUT2D eigenvalue weighted by atomic mass is 33.5. The van der Waals surface area contributed by atoms with Gasteiger partial charge in [-0.05, 0) is 65.2 Å². The third kappa shape index (κ3) is 14.2. The van der Waals surface area contributed by atoms with E-state index < -0.39 is 17.6 Å². The molecule has 0 rings (SSSR count). The van der Waals surface area contributed by atoms with Gasteiger partial charge in [0.15, 0.2) is 10.9 Å². The summed E-state index contributed by atoms with van der Waals surface area (Å²) in [6.07, 6.45) is 3.66. The van der Waals surface area contributed by atoms with Crippen molar-refractivity contribution in [3.63, 3.8) is 0 Å². The van der Waals surface area contributed by atoms with Gasteiger partial charge >= 0.3 is 17.6 Å². The van der Waals surface area contributed by atoms with E-state index in [0.717, 1.165) is 0 Å². The predicted octanol–water partition coefficient (Wildman–Crippen LogP) is 5.17. The molecule has 0 fully saturated rings. The summed E-state index contributed by atoms with van der Waals surface area (Å²) in [4.78, 5) is 18.2. The quantitative estimate of drug-likeness (QED) is 0.0537. The van der Waals surface area contributed by atoms with E-state index in [1.807, 2.05) is 67.8 Å². The van der Waals surface area contributed by atoms with Gasteiger partial charge in [0.05, 0.1) is 0 Å². The van der Waals surface area contributed by atoms with Crippen molar-refractivity contribution in [3.8, 4) is 0 Å². The van der Waals surface area contributed by atoms with Crippen LogP contribution in [0.25, 0.3) is 0 Å². The normalized spacial score (nSPS) is 13.9. The van der Waals surface area contributed by atoms with E-state index in [1.165, 1.54) is 0 Å². The first-order chi connectivity index (χ1) is 18.0. The average molecular weight is 615 g/mol. The third-order valence-electron chi connectivity index (χ3n) is 3.98. The molecule has 0 aliphatic heterocycles. The van der Waals surface area contributed by atoms with Crippen molar-refractivity contribution in [1.82, 2.24) is 0 Å². The van der Waals surface area contributed by atoms with Crippen LogP contribution in [0.4, 0.5) is 0 Å². The summed E-state index contributed by atoms with van der Waals surface area (Å²) in [5, 5.41) is 0. The van der Waals surface area contributed by atoms with Crippen LogP contribution in [-0.4, -0.2) is 105 Å². The van der Waals surface area contributed by atoms with Crippen molar-refractivity contribution < 1.29 is 26.6 Å². The molecule has 0 unspecified atom stereocenters. The Morgan fingerprint density at radius 3 is 1.08 bits per heavy atom. The minimum Gasteiger partial charge on any atom is -0.369 e. The second-order valence-electron chi connectivity index (χ2n) is 6.57. The van der Waals surface area contributed by atoms with Gasteiger partial charge in [0.2, 0.25) is 0 Å². The lowest BCUT2D eigenvalue weighted by atomic mass is 10.8. The molecule has 0 amide bonds. The summed E-state index contributed by atoms with van der Waals surface area (Å²) < 4.78 is 35.6. The molecule has 216 valence electrons. The van der Waals surface area contributed by atoms with Gasteiger partial charge in [-0.1, -0.05) is 21.6 Å². The molecule has 0 heterocycles. The number of nitrogens with zero attached hydrogens (tertiary/aromatic N) is 4. The Labute approximate surface area is 237 Å². The first kappa shape index (κ1) is 36.9. The molecule has 0 aromatic rings. The van der Waals surface area contributed by atoms with Gasteiger partial charge in [-0.25, -0.2) is 9.98 Å². The Bertz CT molecular complexity index is 615. The molecule has 0 aromatic carbocycles. The fraction of sp³-hybridized carbons (Fsp3) is 0.818. The van der Waals surface area contributed by atoms with Gasteiger partial charge in [0, 0.05) is 76.7 Å². The van der Waals surface area contributed by atoms with Crippen LogP contribution in [0.3, 0.4) is 0 Å². The first-order valence-electron chi connectivity index (χ1n) is 12.9. The maximum absolute atomic E-state index is 5.94. The van der Waals surface area contributed by atoms with Crippen molar-refractivity contribution in [1.29, 1.82) is 0 Å². The fourth-order valence-electron chi connectivity index (χ4n) is 2.91. The number of amidine groups is 2. The van der Waals surface area contributed by atoms with Crippen LogP contribution in [0, 0.1) is 0 Å². The van der Waals surface area contributed by atoms with E-state index >= 15 is 0 Å². The predicted molar refractivity (Wildman–Crippen MR) is 167 cm³/mol. The largest absolute Gasteiger partial charge is 0.575 e. The highest BCUT2D eigenvalue weighted by Gasteiger charge is 2.48. The summed E-state index contributed by atoms with van der Waals surface area (Å²) in [6, 6.07) is 0. The molecule has 10 nitrogen and oxygen atoms in total. The molecular formula is C22H46N4O6S3Si2. The zero-order chi connectivity index (χ0) is 27.8. The van der Waals surface area contributed by atoms with Gasteiger partial charge in [-0.2, -0.15) is 0 Å². The Balaban J connectivity index is 4.98. The van der Waals surface area contributed by atoms with Crippen LogP contribution in [0.5, 0.6) is 0 Å². The molecule has 37 heavy (non-hydrogen) atoms. The summed E-state index contributed by atoms with van der Waals surface area (Å²) in [7, 11) is -1.20. The number of hydrogen-bond donors (Lipinski definition) is 0. The van der Waals surface area contributed by atoms with Crippen LogP contribution in [0.2, 0.25) is 0 Å². The van der Waals surface area contributed by atoms with E-state index in [2.05, 4.69) is 20.0 Å². The maximum Gasteiger partial charge on any atom is 0.575 e. The van der Waals surface area contributed by atoms with Crippen LogP contribution in [-0.2, 0) is 26.6 Å². The Morgan fingerprint density at radius 2 is 0.838 bits per heavy atom. The topological polar surface area (TPSA) is 105 Å². The molecule has 0 aromatic heterocycles. The fourth-order valence-corrected chi connectivity index (χ4v) is 10.6. The second kappa shape index (κ2) is 23.8. The standard InChI is InChI=1S/C22H46N4O6S3Si2/c1-9-23-21(36(27-11-3,28-12-4)29-13-5)25-17-19-33-35-34-20-18-26-22(24-10-2)37(30-14-6,31-15-7)32-16-8/h17-18H,9-16,19-20H2,1-8H3. The average Bonchev–Trinajstić information content (AvgIpc) is 2.87. The first-order valence-corrected chi connectivity index (χ1v) is 20.2. The SMILES string of the molecule is CCN=C(N=CCSSSCC=NC(=NCC)[Si](OCC)(OCC)OCC)[Si](OCC)(OCC)OCC. The molecule has 0 saturated heterocycles. The minimum atomic E-state index is -3.11. The van der Waals surface area contributed by atoms with Gasteiger partial charge in [0.25, 0.3) is 0 Å². The van der Waals surface area contributed by atoms with Crippen molar-refractivity contribution in [2.45, 2.75) is 55.4 Å². The van der Waals surface area contributed by atoms with Crippen LogP contribution in [0.15, 0.2) is 20.0 Å². The minimum absolute atomic E-state index is 0.473. The molecule has 15 heteroatoms. The molecule has 0 atom stereocenters. The van der Waals surface area contributed by atoms with Crippen molar-refractivity contribution in [2.75, 3.05) is 64.2 Å². The summed E-state index contributed by atoms with van der Waals surface area (Å²) in [6.45, 7) is 19.4. The number of rotatable bonds is 22. The van der Waals surface area contributed by atoms with Gasteiger partial charge in [-0.3, -0.25) is 9.98 Å². The highest BCUT2D eigenvalue weighted by molar-refractivity contribution is 9.09. The van der Waals surface area contributed by atoms with E-state index in [1.54, 1.807) is 31.4 Å². The van der Waals surface area contributed by atoms with Crippen molar-refractivity contribution in [3.05, 3.63) is 0 Å². The van der Waals surface area contributed by atoms with Crippen molar-refractivity contribution in [2.24, 2.45) is 20.0 Å². The molecule has 0 aliphatic carbocycles. The lowest BCUT2D eigenvalue weighted by Gasteiger charge is -2.27. The van der Waals surface area contributed by atoms with Gasteiger partial charge < -0.3 is 26.6 Å². The molecule has 0 saturated carbocycles. The number of aliphatic imine (C=N–C) groups is 4. The van der Waals surface area contributed by atoms with Crippen LogP contribution >= 0.6 is 31.4 Å². The van der Waals surface area contributed by atoms with Crippen molar-refractivity contribution >= 4 is 72.4 Å². The van der Waals surface area contributed by atoms with Crippen LogP contribution in [0.1, 0.15) is 55.4 Å². The van der Waals surface area contributed by atoms with E-state index in [0.29, 0.717) is 75.2 Å². The third-order valence-corrected chi connectivity index (χ3v) is 13.5. The molecular weight excluding hydrogens is 569 g/mol. The molecule has 0 N–H and O–H groups in total. The monoisotopic (exact) mass is 614 g/mol. The van der Waals surface area contributed by atoms with Crippen LogP contribution < -0.4 is 0 Å². The zero-order valence-electron chi connectivity index (χ0n) is 23.7. The summed E-state index contributed by atoms with van der Waals surface area (Å²) >= 11 is 0. The van der Waals surface area contributed by atoms with Gasteiger partial charge in [0.1, 0.15) is 0 Å². The lowest BCUT2D eigenvalue weighted by molar-refractivity contribution is 0.0887. The second-order valence-corrected chi connectivity index (χ2v) is 15.7. The Hall–Kier alpha value is -0.0762. The van der Waals surface area contributed by atoms with E-state index in [4.69, 9.17) is 26.6 Å². The lowest BCUT2D eigenvalue weighted by Crippen LogP contribution is -2.53. The number of hydrogen-bond acceptors (Lipinski definition) is 11. The molecule has 0 spiro atoms. The van der Waals surface area contributed by atoms with E-state index in [-0.39, 0.29) is 0 Å². The summed E-state index contributed by atoms with van der Waals surface area (Å²) in [5.41, 5.74) is 1.05. The van der Waals surface area contributed by atoms with E-state index in [9.17, 15) is 0 Å².